The van der Waals surface area contributed by atoms with Crippen molar-refractivity contribution in [2.24, 2.45) is 4.99 Å². The van der Waals surface area contributed by atoms with E-state index in [-0.39, 0.29) is 24.0 Å². The van der Waals surface area contributed by atoms with Crippen molar-refractivity contribution in [3.8, 4) is 0 Å². The summed E-state index contributed by atoms with van der Waals surface area (Å²) in [7, 11) is 0. The summed E-state index contributed by atoms with van der Waals surface area (Å²) < 4.78 is 0. The number of amides is 1. The molecule has 2 N–H and O–H groups in total. The molecule has 0 aliphatic carbocycles. The Hall–Kier alpha value is -0.830. The first-order valence-corrected chi connectivity index (χ1v) is 10.00. The lowest BCUT2D eigenvalue weighted by Crippen LogP contribution is -2.38. The molecule has 1 saturated heterocycles. The van der Waals surface area contributed by atoms with Crippen LogP contribution in [-0.2, 0) is 11.2 Å². The van der Waals surface area contributed by atoms with E-state index in [0.717, 1.165) is 70.8 Å². The van der Waals surface area contributed by atoms with Crippen molar-refractivity contribution in [1.82, 2.24) is 15.5 Å². The maximum absolute atomic E-state index is 12.0. The van der Waals surface area contributed by atoms with E-state index in [4.69, 9.17) is 0 Å². The standard InChI is InChI=1S/C18H30N4OS.HI/c1-2-19-18(21-12-10-16-8-6-15-24-16)20-11-7-14-22-13-5-3-4-9-17(22)23;/h6,8,15H,2-5,7,9-14H2,1H3,(H2,19,20,21);1H. The van der Waals surface area contributed by atoms with E-state index in [1.807, 2.05) is 4.90 Å². The zero-order chi connectivity index (χ0) is 17.0. The first-order valence-electron chi connectivity index (χ1n) is 9.12. The second-order valence-corrected chi connectivity index (χ2v) is 7.09. The number of likely N-dealkylation sites (tertiary alicyclic amines) is 1. The second kappa shape index (κ2) is 13.4. The third kappa shape index (κ3) is 8.89. The van der Waals surface area contributed by atoms with Crippen LogP contribution in [0.25, 0.3) is 0 Å². The van der Waals surface area contributed by atoms with Gasteiger partial charge in [0, 0.05) is 44.0 Å². The van der Waals surface area contributed by atoms with Gasteiger partial charge in [-0.05, 0) is 44.1 Å². The van der Waals surface area contributed by atoms with E-state index >= 15 is 0 Å². The molecule has 0 spiro atoms. The molecule has 0 aromatic carbocycles. The predicted molar refractivity (Wildman–Crippen MR) is 117 cm³/mol. The highest BCUT2D eigenvalue weighted by Gasteiger charge is 2.15. The van der Waals surface area contributed by atoms with Crippen LogP contribution in [0.2, 0.25) is 0 Å². The molecule has 0 unspecified atom stereocenters. The minimum Gasteiger partial charge on any atom is -0.357 e. The van der Waals surface area contributed by atoms with Crippen molar-refractivity contribution in [3.05, 3.63) is 22.4 Å². The summed E-state index contributed by atoms with van der Waals surface area (Å²) in [4.78, 5) is 20.0. The number of aliphatic imine (C=N–C) groups is 1. The smallest absolute Gasteiger partial charge is 0.222 e. The lowest BCUT2D eigenvalue weighted by molar-refractivity contribution is -0.130. The van der Waals surface area contributed by atoms with Gasteiger partial charge in [0.1, 0.15) is 0 Å². The summed E-state index contributed by atoms with van der Waals surface area (Å²) in [6.45, 7) is 6.31. The number of carbonyl (C=O) groups excluding carboxylic acids is 1. The van der Waals surface area contributed by atoms with Crippen LogP contribution in [-0.4, -0.2) is 49.5 Å². The molecule has 0 bridgehead atoms. The molecular weight excluding hydrogens is 447 g/mol. The van der Waals surface area contributed by atoms with Crippen LogP contribution in [0, 0.1) is 0 Å². The van der Waals surface area contributed by atoms with Crippen LogP contribution in [0.4, 0.5) is 0 Å². The summed E-state index contributed by atoms with van der Waals surface area (Å²) >= 11 is 1.79. The summed E-state index contributed by atoms with van der Waals surface area (Å²) in [6.07, 6.45) is 6.03. The molecule has 5 nitrogen and oxygen atoms in total. The van der Waals surface area contributed by atoms with Gasteiger partial charge in [0.25, 0.3) is 0 Å². The zero-order valence-corrected chi connectivity index (χ0v) is 18.3. The number of rotatable bonds is 8. The lowest BCUT2D eigenvalue weighted by Gasteiger charge is -2.20. The van der Waals surface area contributed by atoms with Gasteiger partial charge in [0.2, 0.25) is 5.91 Å². The van der Waals surface area contributed by atoms with Gasteiger partial charge in [0.05, 0.1) is 0 Å². The Bertz CT molecular complexity index is 507. The molecule has 1 aromatic rings. The number of nitrogens with zero attached hydrogens (tertiary/aromatic N) is 2. The fourth-order valence-electron chi connectivity index (χ4n) is 2.83. The van der Waals surface area contributed by atoms with Gasteiger partial charge in [-0.15, -0.1) is 35.3 Å². The highest BCUT2D eigenvalue weighted by atomic mass is 127. The second-order valence-electron chi connectivity index (χ2n) is 6.06. The van der Waals surface area contributed by atoms with Crippen LogP contribution in [0.15, 0.2) is 22.5 Å². The molecule has 25 heavy (non-hydrogen) atoms. The number of halogens is 1. The highest BCUT2D eigenvalue weighted by Crippen LogP contribution is 2.11. The summed E-state index contributed by atoms with van der Waals surface area (Å²) in [5, 5.41) is 8.77. The van der Waals surface area contributed by atoms with Crippen molar-refractivity contribution >= 4 is 47.2 Å². The zero-order valence-electron chi connectivity index (χ0n) is 15.1. The molecule has 1 amide bonds. The van der Waals surface area contributed by atoms with Gasteiger partial charge in [-0.3, -0.25) is 9.79 Å². The third-order valence-electron chi connectivity index (χ3n) is 4.12. The Morgan fingerprint density at radius 3 is 2.96 bits per heavy atom. The molecule has 7 heteroatoms. The van der Waals surface area contributed by atoms with Crippen LogP contribution in [0.1, 0.15) is 43.9 Å². The minimum atomic E-state index is 0. The summed E-state index contributed by atoms with van der Waals surface area (Å²) in [5.41, 5.74) is 0. The maximum Gasteiger partial charge on any atom is 0.222 e. The number of guanidine groups is 1. The number of thiophene rings is 1. The fraction of sp³-hybridized carbons (Fsp3) is 0.667. The number of carbonyl (C=O) groups is 1. The number of hydrogen-bond donors (Lipinski definition) is 2. The van der Waals surface area contributed by atoms with E-state index in [9.17, 15) is 4.79 Å². The van der Waals surface area contributed by atoms with Crippen LogP contribution in [0.5, 0.6) is 0 Å². The van der Waals surface area contributed by atoms with Gasteiger partial charge < -0.3 is 15.5 Å². The molecule has 142 valence electrons. The Kier molecular flexibility index (Phi) is 11.9. The average molecular weight is 478 g/mol. The van der Waals surface area contributed by atoms with E-state index in [1.165, 1.54) is 11.3 Å². The number of hydrogen-bond acceptors (Lipinski definition) is 3. The Balaban J connectivity index is 0.00000312. The van der Waals surface area contributed by atoms with Crippen molar-refractivity contribution in [2.45, 2.75) is 45.4 Å². The van der Waals surface area contributed by atoms with Crippen molar-refractivity contribution in [1.29, 1.82) is 0 Å². The highest BCUT2D eigenvalue weighted by molar-refractivity contribution is 14.0. The molecule has 1 fully saturated rings. The lowest BCUT2D eigenvalue weighted by atomic mass is 10.2. The number of nitrogens with one attached hydrogen (secondary N) is 2. The summed E-state index contributed by atoms with van der Waals surface area (Å²) in [5.74, 6) is 1.19. The third-order valence-corrected chi connectivity index (χ3v) is 5.05. The Morgan fingerprint density at radius 1 is 1.32 bits per heavy atom. The van der Waals surface area contributed by atoms with E-state index in [2.05, 4.69) is 40.1 Å². The average Bonchev–Trinajstić information content (AvgIpc) is 3.01. The van der Waals surface area contributed by atoms with Gasteiger partial charge in [-0.25, -0.2) is 0 Å². The minimum absolute atomic E-state index is 0. The van der Waals surface area contributed by atoms with Crippen LogP contribution >= 0.6 is 35.3 Å². The Labute approximate surface area is 172 Å². The molecule has 1 aliphatic rings. The van der Waals surface area contributed by atoms with Gasteiger partial charge >= 0.3 is 0 Å². The fourth-order valence-corrected chi connectivity index (χ4v) is 3.54. The largest absolute Gasteiger partial charge is 0.357 e. The molecule has 0 radical (unpaired) electrons. The van der Waals surface area contributed by atoms with Gasteiger partial charge in [-0.2, -0.15) is 0 Å². The van der Waals surface area contributed by atoms with Crippen LogP contribution in [0.3, 0.4) is 0 Å². The molecule has 1 aliphatic heterocycles. The monoisotopic (exact) mass is 478 g/mol. The normalized spacial score (nSPS) is 15.5. The summed E-state index contributed by atoms with van der Waals surface area (Å²) in [6, 6.07) is 4.25. The molecule has 1 aromatic heterocycles. The van der Waals surface area contributed by atoms with Crippen molar-refractivity contribution < 1.29 is 4.79 Å². The molecule has 2 heterocycles. The molecule has 2 rings (SSSR count). The van der Waals surface area contributed by atoms with Crippen molar-refractivity contribution in [2.75, 3.05) is 32.7 Å². The van der Waals surface area contributed by atoms with Crippen LogP contribution < -0.4 is 10.6 Å². The molecule has 0 atom stereocenters. The topological polar surface area (TPSA) is 56.7 Å². The first-order chi connectivity index (χ1) is 11.8. The molecular formula is C18H31IN4OS. The Morgan fingerprint density at radius 2 is 2.20 bits per heavy atom. The van der Waals surface area contributed by atoms with E-state index < -0.39 is 0 Å². The quantitative estimate of drug-likeness (QED) is 0.261. The first kappa shape index (κ1) is 22.2. The van der Waals surface area contributed by atoms with E-state index in [1.54, 1.807) is 11.3 Å². The van der Waals surface area contributed by atoms with Crippen molar-refractivity contribution in [3.63, 3.8) is 0 Å². The predicted octanol–water partition coefficient (Wildman–Crippen LogP) is 3.26. The SMILES string of the molecule is CCNC(=NCCCN1CCCCCC1=O)NCCc1cccs1.I. The maximum atomic E-state index is 12.0. The van der Waals surface area contributed by atoms with Gasteiger partial charge in [0.15, 0.2) is 5.96 Å². The van der Waals surface area contributed by atoms with E-state index in [0.29, 0.717) is 5.91 Å². The molecule has 0 saturated carbocycles. The van der Waals surface area contributed by atoms with Gasteiger partial charge in [-0.1, -0.05) is 12.5 Å².